The maximum atomic E-state index is 13.5. The summed E-state index contributed by atoms with van der Waals surface area (Å²) in [6.07, 6.45) is -0.522. The van der Waals surface area contributed by atoms with Gasteiger partial charge < -0.3 is 5.32 Å². The van der Waals surface area contributed by atoms with Gasteiger partial charge >= 0.3 is 6.18 Å². The third-order valence-electron chi connectivity index (χ3n) is 2.94. The predicted molar refractivity (Wildman–Crippen MR) is 68.6 cm³/mol. The molecule has 1 aromatic rings. The van der Waals surface area contributed by atoms with Crippen LogP contribution in [0.15, 0.2) is 18.2 Å². The van der Waals surface area contributed by atoms with Crippen LogP contribution in [0.5, 0.6) is 0 Å². The quantitative estimate of drug-likeness (QED) is 0.555. The van der Waals surface area contributed by atoms with Crippen molar-refractivity contribution in [2.24, 2.45) is 0 Å². The van der Waals surface area contributed by atoms with Gasteiger partial charge in [0.25, 0.3) is 0 Å². The van der Waals surface area contributed by atoms with Gasteiger partial charge in [-0.05, 0) is 31.5 Å². The minimum absolute atomic E-state index is 0.0514. The largest absolute Gasteiger partial charge is 0.416 e. The van der Waals surface area contributed by atoms with Crippen molar-refractivity contribution in [3.05, 3.63) is 29.6 Å². The van der Waals surface area contributed by atoms with Crippen LogP contribution in [-0.2, 0) is 6.18 Å². The Morgan fingerprint density at radius 2 is 1.89 bits per heavy atom. The number of hydrogen-bond acceptors (Lipinski definition) is 1. The first-order valence-corrected chi connectivity index (χ1v) is 6.48. The van der Waals surface area contributed by atoms with E-state index in [2.05, 4.69) is 12.2 Å². The minimum atomic E-state index is -4.45. The fourth-order valence-electron chi connectivity index (χ4n) is 1.85. The van der Waals surface area contributed by atoms with Crippen LogP contribution in [0.4, 0.5) is 23.2 Å². The smallest absolute Gasteiger partial charge is 0.380 e. The molecule has 0 saturated carbocycles. The van der Waals surface area contributed by atoms with Gasteiger partial charge in [0.1, 0.15) is 5.82 Å². The van der Waals surface area contributed by atoms with Crippen LogP contribution in [0, 0.1) is 5.82 Å². The zero-order valence-corrected chi connectivity index (χ0v) is 11.1. The van der Waals surface area contributed by atoms with Crippen LogP contribution in [0.3, 0.4) is 0 Å². The summed E-state index contributed by atoms with van der Waals surface area (Å²) in [5, 5.41) is 2.81. The molecular formula is C14H19F4N. The number of alkyl halides is 3. The fourth-order valence-corrected chi connectivity index (χ4v) is 1.85. The normalized spacial score (nSPS) is 13.4. The van der Waals surface area contributed by atoms with Crippen LogP contribution >= 0.6 is 0 Å². The number of nitrogens with one attached hydrogen (secondary N) is 1. The molecule has 1 atom stereocenters. The number of hydrogen-bond donors (Lipinski definition) is 1. The van der Waals surface area contributed by atoms with E-state index in [0.29, 0.717) is 0 Å². The Bertz CT molecular complexity index is 401. The zero-order valence-electron chi connectivity index (χ0n) is 11.1. The van der Waals surface area contributed by atoms with Gasteiger partial charge in [-0.1, -0.05) is 26.2 Å². The number of anilines is 1. The lowest BCUT2D eigenvalue weighted by Gasteiger charge is -2.17. The lowest BCUT2D eigenvalue weighted by atomic mass is 10.1. The molecule has 19 heavy (non-hydrogen) atoms. The first-order chi connectivity index (χ1) is 8.84. The molecule has 0 amide bonds. The predicted octanol–water partition coefficient (Wildman–Crippen LogP) is 5.23. The Kier molecular flexibility index (Phi) is 5.63. The Labute approximate surface area is 111 Å². The molecule has 1 rings (SSSR count). The van der Waals surface area contributed by atoms with Crippen LogP contribution < -0.4 is 5.32 Å². The average Bonchev–Trinajstić information content (AvgIpc) is 2.31. The summed E-state index contributed by atoms with van der Waals surface area (Å²) in [6, 6.07) is 2.38. The molecule has 5 heteroatoms. The maximum absolute atomic E-state index is 13.5. The van der Waals surface area contributed by atoms with Crippen LogP contribution in [0.1, 0.15) is 45.1 Å². The summed E-state index contributed by atoms with van der Waals surface area (Å²) in [4.78, 5) is 0. The Balaban J connectivity index is 2.71. The molecule has 0 bridgehead atoms. The lowest BCUT2D eigenvalue weighted by Crippen LogP contribution is -2.17. The highest BCUT2D eigenvalue weighted by Gasteiger charge is 2.31. The molecule has 1 aromatic carbocycles. The second-order valence-corrected chi connectivity index (χ2v) is 4.73. The number of rotatable bonds is 6. The fraction of sp³-hybridized carbons (Fsp3) is 0.571. The van der Waals surface area contributed by atoms with Gasteiger partial charge in [-0.3, -0.25) is 0 Å². The molecule has 0 fully saturated rings. The average molecular weight is 277 g/mol. The molecule has 0 aliphatic carbocycles. The minimum Gasteiger partial charge on any atom is -0.380 e. The van der Waals surface area contributed by atoms with E-state index in [1.54, 1.807) is 0 Å². The van der Waals surface area contributed by atoms with Gasteiger partial charge in [0, 0.05) is 6.04 Å². The Morgan fingerprint density at radius 1 is 1.21 bits per heavy atom. The molecule has 0 aliphatic rings. The molecule has 0 saturated heterocycles. The van der Waals surface area contributed by atoms with Crippen LogP contribution in [-0.4, -0.2) is 6.04 Å². The monoisotopic (exact) mass is 277 g/mol. The summed E-state index contributed by atoms with van der Waals surface area (Å²) in [5.41, 5.74) is -0.920. The Morgan fingerprint density at radius 3 is 2.47 bits per heavy atom. The maximum Gasteiger partial charge on any atom is 0.416 e. The molecule has 0 radical (unpaired) electrons. The van der Waals surface area contributed by atoms with Crippen molar-refractivity contribution in [2.45, 2.75) is 51.7 Å². The van der Waals surface area contributed by atoms with E-state index in [9.17, 15) is 17.6 Å². The molecule has 0 heterocycles. The van der Waals surface area contributed by atoms with Gasteiger partial charge in [0.15, 0.2) is 0 Å². The first kappa shape index (κ1) is 15.8. The van der Waals surface area contributed by atoms with Gasteiger partial charge in [-0.25, -0.2) is 4.39 Å². The van der Waals surface area contributed by atoms with E-state index in [1.165, 1.54) is 0 Å². The summed E-state index contributed by atoms with van der Waals surface area (Å²) < 4.78 is 51.1. The highest BCUT2D eigenvalue weighted by atomic mass is 19.4. The van der Waals surface area contributed by atoms with Crippen molar-refractivity contribution >= 4 is 5.69 Å². The first-order valence-electron chi connectivity index (χ1n) is 6.48. The standard InChI is InChI=1S/C14H19F4N/c1-3-4-5-6-10(2)19-13-9-11(14(16,17)18)7-8-12(13)15/h7-10,19H,3-6H2,1-2H3. The molecule has 0 aliphatic heterocycles. The second kappa shape index (κ2) is 6.78. The summed E-state index contributed by atoms with van der Waals surface area (Å²) in [7, 11) is 0. The SMILES string of the molecule is CCCCCC(C)Nc1cc(C(F)(F)F)ccc1F. The van der Waals surface area contributed by atoms with Gasteiger partial charge in [-0.15, -0.1) is 0 Å². The summed E-state index contributed by atoms with van der Waals surface area (Å²) in [5.74, 6) is -0.657. The van der Waals surface area contributed by atoms with E-state index >= 15 is 0 Å². The van der Waals surface area contributed by atoms with Crippen molar-refractivity contribution < 1.29 is 17.6 Å². The van der Waals surface area contributed by atoms with Gasteiger partial charge in [0.2, 0.25) is 0 Å². The highest BCUT2D eigenvalue weighted by molar-refractivity contribution is 5.48. The topological polar surface area (TPSA) is 12.0 Å². The number of benzene rings is 1. The third kappa shape index (κ3) is 5.09. The third-order valence-corrected chi connectivity index (χ3v) is 2.94. The van der Waals surface area contributed by atoms with E-state index < -0.39 is 17.6 Å². The molecule has 0 aromatic heterocycles. The second-order valence-electron chi connectivity index (χ2n) is 4.73. The van der Waals surface area contributed by atoms with Crippen molar-refractivity contribution in [1.82, 2.24) is 0 Å². The van der Waals surface area contributed by atoms with E-state index in [1.807, 2.05) is 6.92 Å². The number of unbranched alkanes of at least 4 members (excludes halogenated alkanes) is 2. The van der Waals surface area contributed by atoms with Crippen LogP contribution in [0.2, 0.25) is 0 Å². The van der Waals surface area contributed by atoms with Crippen molar-refractivity contribution in [3.8, 4) is 0 Å². The van der Waals surface area contributed by atoms with E-state index in [0.717, 1.165) is 43.9 Å². The highest BCUT2D eigenvalue weighted by Crippen LogP contribution is 2.32. The van der Waals surface area contributed by atoms with Crippen LogP contribution in [0.25, 0.3) is 0 Å². The lowest BCUT2D eigenvalue weighted by molar-refractivity contribution is -0.137. The van der Waals surface area contributed by atoms with E-state index in [4.69, 9.17) is 0 Å². The molecule has 1 nitrogen and oxygen atoms in total. The van der Waals surface area contributed by atoms with Gasteiger partial charge in [-0.2, -0.15) is 13.2 Å². The molecule has 1 N–H and O–H groups in total. The molecule has 108 valence electrons. The van der Waals surface area contributed by atoms with Crippen molar-refractivity contribution in [3.63, 3.8) is 0 Å². The zero-order chi connectivity index (χ0) is 14.5. The molecule has 1 unspecified atom stereocenters. The van der Waals surface area contributed by atoms with Crippen molar-refractivity contribution in [2.75, 3.05) is 5.32 Å². The number of halogens is 4. The summed E-state index contributed by atoms with van der Waals surface area (Å²) in [6.45, 7) is 3.92. The van der Waals surface area contributed by atoms with Crippen molar-refractivity contribution in [1.29, 1.82) is 0 Å². The van der Waals surface area contributed by atoms with E-state index in [-0.39, 0.29) is 11.7 Å². The molecular weight excluding hydrogens is 258 g/mol. The Hall–Kier alpha value is -1.26. The van der Waals surface area contributed by atoms with Gasteiger partial charge in [0.05, 0.1) is 11.3 Å². The molecule has 0 spiro atoms. The summed E-state index contributed by atoms with van der Waals surface area (Å²) >= 11 is 0.